The van der Waals surface area contributed by atoms with Gasteiger partial charge in [0.2, 0.25) is 23.6 Å². The van der Waals surface area contributed by atoms with Crippen LogP contribution in [-0.4, -0.2) is 63.4 Å². The number of thiazole rings is 1. The summed E-state index contributed by atoms with van der Waals surface area (Å²) in [6, 6.07) is 14.9. The second kappa shape index (κ2) is 19.1. The number of nitrogens with zero attached hydrogens (tertiary/aromatic N) is 2. The lowest BCUT2D eigenvalue weighted by atomic mass is 9.85. The normalized spacial score (nSPS) is 17.1. The first-order valence-electron chi connectivity index (χ1n) is 18.6. The highest BCUT2D eigenvalue weighted by Gasteiger charge is 2.44. The zero-order valence-electron chi connectivity index (χ0n) is 31.5. The van der Waals surface area contributed by atoms with Crippen LogP contribution in [0.5, 0.6) is 0 Å². The van der Waals surface area contributed by atoms with Gasteiger partial charge in [-0.1, -0.05) is 82.6 Å². The molecule has 0 radical (unpaired) electrons. The minimum absolute atomic E-state index is 0.0395. The molecule has 52 heavy (non-hydrogen) atoms. The molecule has 3 aromatic rings. The molecule has 5 N–H and O–H groups in total. The van der Waals surface area contributed by atoms with Crippen LogP contribution < -0.4 is 16.4 Å². The SMILES string of the molecule is Cc1ncsc1-c1ccc(CNC(=O)[C@@H]2C[C@@H](O)CN2C(=O)[C@@H](NC(=O)CCCCCc2cccc(CC[C@@H](C)CCC(N)=O)c2)C(C)(C)C)cc1. The topological polar surface area (TPSA) is 155 Å². The molecule has 11 heteroatoms. The summed E-state index contributed by atoms with van der Waals surface area (Å²) >= 11 is 1.59. The van der Waals surface area contributed by atoms with E-state index in [4.69, 9.17) is 5.73 Å². The van der Waals surface area contributed by atoms with E-state index >= 15 is 0 Å². The number of primary amides is 1. The molecule has 0 saturated carbocycles. The molecule has 4 atom stereocenters. The molecule has 0 aliphatic carbocycles. The number of likely N-dealkylation sites (tertiary alicyclic amines) is 1. The summed E-state index contributed by atoms with van der Waals surface area (Å²) in [5.41, 5.74) is 12.0. The fourth-order valence-electron chi connectivity index (χ4n) is 6.69. The fraction of sp³-hybridized carbons (Fsp3) is 0.537. The highest BCUT2D eigenvalue weighted by molar-refractivity contribution is 7.13. The predicted octanol–water partition coefficient (Wildman–Crippen LogP) is 5.86. The Bertz CT molecular complexity index is 1650. The van der Waals surface area contributed by atoms with Crippen molar-refractivity contribution in [2.75, 3.05) is 6.54 Å². The van der Waals surface area contributed by atoms with Gasteiger partial charge in [-0.3, -0.25) is 19.2 Å². The van der Waals surface area contributed by atoms with Crippen LogP contribution in [0.3, 0.4) is 0 Å². The second-order valence-electron chi connectivity index (χ2n) is 15.5. The maximum Gasteiger partial charge on any atom is 0.246 e. The van der Waals surface area contributed by atoms with E-state index in [0.29, 0.717) is 31.7 Å². The number of aliphatic hydroxyl groups is 1. The first kappa shape index (κ1) is 40.7. The van der Waals surface area contributed by atoms with E-state index < -0.39 is 23.6 Å². The summed E-state index contributed by atoms with van der Waals surface area (Å²) in [6.45, 7) is 10.1. The molecule has 282 valence electrons. The molecule has 1 aromatic heterocycles. The average molecular weight is 732 g/mol. The lowest BCUT2D eigenvalue weighted by molar-refractivity contribution is -0.144. The van der Waals surface area contributed by atoms with Crippen molar-refractivity contribution in [2.24, 2.45) is 17.1 Å². The van der Waals surface area contributed by atoms with Gasteiger partial charge in [-0.15, -0.1) is 11.3 Å². The smallest absolute Gasteiger partial charge is 0.246 e. The van der Waals surface area contributed by atoms with Crippen LogP contribution in [0.15, 0.2) is 54.0 Å². The van der Waals surface area contributed by atoms with Crippen molar-refractivity contribution in [3.05, 3.63) is 76.4 Å². The van der Waals surface area contributed by atoms with Gasteiger partial charge >= 0.3 is 0 Å². The number of nitrogens with one attached hydrogen (secondary N) is 2. The Hall–Kier alpha value is -4.09. The molecule has 4 rings (SSSR count). The van der Waals surface area contributed by atoms with Crippen LogP contribution >= 0.6 is 11.3 Å². The Morgan fingerprint density at radius 1 is 0.981 bits per heavy atom. The fourth-order valence-corrected chi connectivity index (χ4v) is 7.50. The quantitative estimate of drug-likeness (QED) is 0.120. The van der Waals surface area contributed by atoms with Crippen molar-refractivity contribution < 1.29 is 24.3 Å². The number of hydrogen-bond acceptors (Lipinski definition) is 7. The minimum atomic E-state index is -0.843. The number of unbranched alkanes of at least 4 members (excludes halogenated alkanes) is 2. The minimum Gasteiger partial charge on any atom is -0.391 e. The molecule has 1 saturated heterocycles. The van der Waals surface area contributed by atoms with Crippen LogP contribution in [0.2, 0.25) is 0 Å². The van der Waals surface area contributed by atoms with E-state index in [9.17, 15) is 24.3 Å². The number of carbonyl (C=O) groups excluding carboxylic acids is 4. The monoisotopic (exact) mass is 731 g/mol. The summed E-state index contributed by atoms with van der Waals surface area (Å²) in [7, 11) is 0. The van der Waals surface area contributed by atoms with Crippen molar-refractivity contribution in [2.45, 2.75) is 124 Å². The maximum atomic E-state index is 13.9. The summed E-state index contributed by atoms with van der Waals surface area (Å²) < 4.78 is 0. The Balaban J connectivity index is 1.23. The number of aryl methyl sites for hydroxylation is 3. The molecule has 1 aliphatic rings. The van der Waals surface area contributed by atoms with Gasteiger partial charge in [-0.05, 0) is 79.0 Å². The Morgan fingerprint density at radius 2 is 1.69 bits per heavy atom. The van der Waals surface area contributed by atoms with Gasteiger partial charge in [-0.2, -0.15) is 0 Å². The van der Waals surface area contributed by atoms with Crippen molar-refractivity contribution >= 4 is 35.0 Å². The second-order valence-corrected chi connectivity index (χ2v) is 16.3. The number of β-amino-alcohol motifs (C(OH)–C–C–N with tert-alkyl or cyclic N) is 1. The molecular formula is C41H57N5O5S. The third-order valence-electron chi connectivity index (χ3n) is 9.88. The van der Waals surface area contributed by atoms with E-state index in [2.05, 4.69) is 46.8 Å². The number of aliphatic hydroxyl groups excluding tert-OH is 1. The van der Waals surface area contributed by atoms with Gasteiger partial charge in [0.25, 0.3) is 0 Å². The maximum absolute atomic E-state index is 13.9. The molecule has 0 bridgehead atoms. The van der Waals surface area contributed by atoms with E-state index in [1.54, 1.807) is 11.3 Å². The van der Waals surface area contributed by atoms with E-state index in [-0.39, 0.29) is 36.6 Å². The Labute approximate surface area is 313 Å². The van der Waals surface area contributed by atoms with Gasteiger partial charge in [0.05, 0.1) is 22.2 Å². The molecule has 1 fully saturated rings. The Kier molecular flexibility index (Phi) is 15.0. The number of aromatic nitrogens is 1. The highest BCUT2D eigenvalue weighted by Crippen LogP contribution is 2.28. The first-order chi connectivity index (χ1) is 24.7. The van der Waals surface area contributed by atoms with E-state index in [1.165, 1.54) is 16.0 Å². The van der Waals surface area contributed by atoms with E-state index in [1.807, 2.05) is 57.5 Å². The number of hydrogen-bond donors (Lipinski definition) is 4. The predicted molar refractivity (Wildman–Crippen MR) is 206 cm³/mol. The number of nitrogens with two attached hydrogens (primary N) is 1. The van der Waals surface area contributed by atoms with Crippen LogP contribution in [0.25, 0.3) is 10.4 Å². The van der Waals surface area contributed by atoms with Crippen LogP contribution in [0.4, 0.5) is 0 Å². The Morgan fingerprint density at radius 3 is 2.35 bits per heavy atom. The average Bonchev–Trinajstić information content (AvgIpc) is 3.72. The zero-order valence-corrected chi connectivity index (χ0v) is 32.3. The van der Waals surface area contributed by atoms with Gasteiger partial charge in [0.15, 0.2) is 0 Å². The molecule has 1 aliphatic heterocycles. The highest BCUT2D eigenvalue weighted by atomic mass is 32.1. The van der Waals surface area contributed by atoms with Crippen LogP contribution in [0.1, 0.15) is 101 Å². The molecular weight excluding hydrogens is 675 g/mol. The van der Waals surface area contributed by atoms with Gasteiger partial charge in [-0.25, -0.2) is 4.98 Å². The summed E-state index contributed by atoms with van der Waals surface area (Å²) in [5, 5.41) is 16.4. The third-order valence-corrected chi connectivity index (χ3v) is 10.9. The largest absolute Gasteiger partial charge is 0.391 e. The summed E-state index contributed by atoms with van der Waals surface area (Å²) in [5.74, 6) is -0.685. The lowest BCUT2D eigenvalue weighted by Gasteiger charge is -2.35. The lowest BCUT2D eigenvalue weighted by Crippen LogP contribution is -2.57. The summed E-state index contributed by atoms with van der Waals surface area (Å²) in [6.07, 6.45) is 6.30. The van der Waals surface area contributed by atoms with Crippen LogP contribution in [0, 0.1) is 18.3 Å². The molecule has 2 heterocycles. The molecule has 0 spiro atoms. The van der Waals surface area contributed by atoms with Crippen molar-refractivity contribution in [3.8, 4) is 10.4 Å². The first-order valence-corrected chi connectivity index (χ1v) is 19.5. The number of amides is 4. The van der Waals surface area contributed by atoms with Crippen LogP contribution in [-0.2, 0) is 38.6 Å². The van der Waals surface area contributed by atoms with Gasteiger partial charge in [0, 0.05) is 32.4 Å². The number of carbonyl (C=O) groups is 4. The number of rotatable bonds is 18. The van der Waals surface area contributed by atoms with Crippen molar-refractivity contribution in [1.29, 1.82) is 0 Å². The van der Waals surface area contributed by atoms with E-state index in [0.717, 1.165) is 60.2 Å². The standard InChI is InChI=1S/C41H57N5O5S/c1-27(15-21-35(42)48)14-16-30-12-9-11-29(22-30)10-7-6-8-13-36(49)45-38(41(3,4)5)40(51)46-25-33(47)23-34(46)39(50)43-24-31-17-19-32(20-18-31)37-28(2)44-26-52-37/h9,11-12,17-20,22,26-27,33-34,38,47H,6-8,10,13-16,21,23-25H2,1-5H3,(H2,42,48)(H,43,50)(H,45,49)/t27-,33-,34+,38-/m1/s1. The van der Waals surface area contributed by atoms with Gasteiger partial charge < -0.3 is 26.4 Å². The molecule has 2 aromatic carbocycles. The molecule has 10 nitrogen and oxygen atoms in total. The molecule has 4 amide bonds. The number of benzene rings is 2. The molecule has 0 unspecified atom stereocenters. The third kappa shape index (κ3) is 12.3. The van der Waals surface area contributed by atoms with Crippen molar-refractivity contribution in [3.63, 3.8) is 0 Å². The summed E-state index contributed by atoms with van der Waals surface area (Å²) in [4.78, 5) is 58.4. The van der Waals surface area contributed by atoms with Gasteiger partial charge in [0.1, 0.15) is 12.1 Å². The zero-order chi connectivity index (χ0) is 37.8. The van der Waals surface area contributed by atoms with Crippen molar-refractivity contribution in [1.82, 2.24) is 20.5 Å².